The van der Waals surface area contributed by atoms with Crippen molar-refractivity contribution >= 4 is 39.6 Å². The lowest BCUT2D eigenvalue weighted by Crippen LogP contribution is -2.22. The van der Waals surface area contributed by atoms with Crippen molar-refractivity contribution in [2.24, 2.45) is 0 Å². The highest BCUT2D eigenvalue weighted by Crippen LogP contribution is 2.22. The minimum Gasteiger partial charge on any atom is -0.376 e. The Kier molecular flexibility index (Phi) is 6.05. The summed E-state index contributed by atoms with van der Waals surface area (Å²) in [6.07, 6.45) is 1.27. The van der Waals surface area contributed by atoms with Gasteiger partial charge >= 0.3 is 0 Å². The summed E-state index contributed by atoms with van der Waals surface area (Å²) in [5.74, 6) is -0.182. The molecule has 0 aliphatic heterocycles. The third kappa shape index (κ3) is 5.07. The van der Waals surface area contributed by atoms with Crippen LogP contribution in [0.4, 0.5) is 17.1 Å². The van der Waals surface area contributed by atoms with E-state index in [1.807, 2.05) is 49.4 Å². The van der Waals surface area contributed by atoms with Gasteiger partial charge in [-0.05, 0) is 36.1 Å². The standard InChI is InChI=1S/C22H23N3O2/c1-2-7-21(26)24-17-10-6-11-18(14-17)25-22(27)15-23-20-13-5-9-16-8-3-4-12-19(16)20/h3-6,8-14,23H,2,7,15H2,1H3,(H,24,26)(H,25,27). The molecule has 5 heteroatoms. The molecule has 3 rings (SSSR count). The molecule has 0 spiro atoms. The van der Waals surface area contributed by atoms with Crippen molar-refractivity contribution in [1.82, 2.24) is 0 Å². The maximum Gasteiger partial charge on any atom is 0.243 e. The monoisotopic (exact) mass is 361 g/mol. The van der Waals surface area contributed by atoms with Crippen LogP contribution in [0, 0.1) is 0 Å². The van der Waals surface area contributed by atoms with Gasteiger partial charge < -0.3 is 16.0 Å². The molecule has 0 atom stereocenters. The van der Waals surface area contributed by atoms with E-state index in [4.69, 9.17) is 0 Å². The maximum atomic E-state index is 12.3. The molecule has 0 saturated heterocycles. The summed E-state index contributed by atoms with van der Waals surface area (Å²) in [5, 5.41) is 11.1. The normalized spacial score (nSPS) is 10.4. The van der Waals surface area contributed by atoms with Gasteiger partial charge in [-0.3, -0.25) is 9.59 Å². The number of hydrogen-bond acceptors (Lipinski definition) is 3. The van der Waals surface area contributed by atoms with Crippen molar-refractivity contribution in [3.63, 3.8) is 0 Å². The Morgan fingerprint density at radius 1 is 0.815 bits per heavy atom. The van der Waals surface area contributed by atoms with Gasteiger partial charge in [-0.1, -0.05) is 49.4 Å². The van der Waals surface area contributed by atoms with Crippen LogP contribution < -0.4 is 16.0 Å². The number of rotatable bonds is 7. The molecule has 0 unspecified atom stereocenters. The summed E-state index contributed by atoms with van der Waals surface area (Å²) in [7, 11) is 0. The SMILES string of the molecule is CCCC(=O)Nc1cccc(NC(=O)CNc2cccc3ccccc23)c1. The fraction of sp³-hybridized carbons (Fsp3) is 0.182. The molecule has 3 N–H and O–H groups in total. The van der Waals surface area contributed by atoms with Crippen molar-refractivity contribution in [2.75, 3.05) is 22.5 Å². The summed E-state index contributed by atoms with van der Waals surface area (Å²) in [5.41, 5.74) is 2.24. The van der Waals surface area contributed by atoms with E-state index in [9.17, 15) is 9.59 Å². The molecular formula is C22H23N3O2. The van der Waals surface area contributed by atoms with E-state index in [0.717, 1.165) is 22.9 Å². The number of nitrogens with one attached hydrogen (secondary N) is 3. The lowest BCUT2D eigenvalue weighted by atomic mass is 10.1. The Balaban J connectivity index is 1.60. The zero-order chi connectivity index (χ0) is 19.1. The Labute approximate surface area is 158 Å². The van der Waals surface area contributed by atoms with Gasteiger partial charge in [0.1, 0.15) is 0 Å². The van der Waals surface area contributed by atoms with Gasteiger partial charge in [-0.15, -0.1) is 0 Å². The molecule has 0 aliphatic rings. The molecule has 0 heterocycles. The fourth-order valence-electron chi connectivity index (χ4n) is 2.89. The van der Waals surface area contributed by atoms with Crippen LogP contribution in [0.15, 0.2) is 66.7 Å². The molecule has 2 amide bonds. The number of carbonyl (C=O) groups is 2. The largest absolute Gasteiger partial charge is 0.376 e. The third-order valence-electron chi connectivity index (χ3n) is 4.14. The predicted molar refractivity (Wildman–Crippen MR) is 111 cm³/mol. The minimum atomic E-state index is -0.153. The van der Waals surface area contributed by atoms with Gasteiger partial charge in [0.15, 0.2) is 0 Å². The quantitative estimate of drug-likeness (QED) is 0.575. The van der Waals surface area contributed by atoms with Gasteiger partial charge in [-0.2, -0.15) is 0 Å². The molecule has 3 aromatic rings. The van der Waals surface area contributed by atoms with Crippen molar-refractivity contribution < 1.29 is 9.59 Å². The molecule has 0 bridgehead atoms. The maximum absolute atomic E-state index is 12.3. The summed E-state index contributed by atoms with van der Waals surface area (Å²) in [4.78, 5) is 24.0. The second kappa shape index (κ2) is 8.85. The number of amides is 2. The highest BCUT2D eigenvalue weighted by Gasteiger charge is 2.06. The first-order chi connectivity index (χ1) is 13.2. The summed E-state index contributed by atoms with van der Waals surface area (Å²) in [6, 6.07) is 21.2. The van der Waals surface area contributed by atoms with Crippen LogP contribution in [0.2, 0.25) is 0 Å². The Morgan fingerprint density at radius 3 is 2.26 bits per heavy atom. The lowest BCUT2D eigenvalue weighted by Gasteiger charge is -2.11. The van der Waals surface area contributed by atoms with Crippen LogP contribution in [0.5, 0.6) is 0 Å². The molecule has 138 valence electrons. The van der Waals surface area contributed by atoms with E-state index in [1.54, 1.807) is 24.3 Å². The summed E-state index contributed by atoms with van der Waals surface area (Å²) >= 11 is 0. The van der Waals surface area contributed by atoms with Crippen LogP contribution in [0.25, 0.3) is 10.8 Å². The molecule has 0 fully saturated rings. The predicted octanol–water partition coefficient (Wildman–Crippen LogP) is 4.63. The van der Waals surface area contributed by atoms with Gasteiger partial charge in [0, 0.05) is 28.9 Å². The molecule has 0 radical (unpaired) electrons. The molecule has 27 heavy (non-hydrogen) atoms. The van der Waals surface area contributed by atoms with Crippen LogP contribution >= 0.6 is 0 Å². The molecule has 0 aliphatic carbocycles. The molecule has 0 aromatic heterocycles. The van der Waals surface area contributed by atoms with Crippen molar-refractivity contribution in [1.29, 1.82) is 0 Å². The van der Waals surface area contributed by atoms with E-state index >= 15 is 0 Å². The van der Waals surface area contributed by atoms with Gasteiger partial charge in [0.05, 0.1) is 6.54 Å². The smallest absolute Gasteiger partial charge is 0.243 e. The first kappa shape index (κ1) is 18.5. The molecule has 0 saturated carbocycles. The molecule has 3 aromatic carbocycles. The Morgan fingerprint density at radius 2 is 1.48 bits per heavy atom. The van der Waals surface area contributed by atoms with E-state index in [-0.39, 0.29) is 18.4 Å². The number of carbonyl (C=O) groups excluding carboxylic acids is 2. The van der Waals surface area contributed by atoms with Crippen LogP contribution in [0.1, 0.15) is 19.8 Å². The first-order valence-corrected chi connectivity index (χ1v) is 9.07. The van der Waals surface area contributed by atoms with Gasteiger partial charge in [0.25, 0.3) is 0 Å². The summed E-state index contributed by atoms with van der Waals surface area (Å²) < 4.78 is 0. The number of anilines is 3. The van der Waals surface area contributed by atoms with Crippen molar-refractivity contribution in [3.05, 3.63) is 66.7 Å². The lowest BCUT2D eigenvalue weighted by molar-refractivity contribution is -0.116. The van der Waals surface area contributed by atoms with E-state index in [1.165, 1.54) is 0 Å². The average Bonchev–Trinajstić information content (AvgIpc) is 2.67. The van der Waals surface area contributed by atoms with Crippen LogP contribution in [-0.4, -0.2) is 18.4 Å². The fourth-order valence-corrected chi connectivity index (χ4v) is 2.89. The molecule has 5 nitrogen and oxygen atoms in total. The molecular weight excluding hydrogens is 338 g/mol. The zero-order valence-electron chi connectivity index (χ0n) is 15.3. The second-order valence-corrected chi connectivity index (χ2v) is 6.31. The number of fused-ring (bicyclic) bond motifs is 1. The summed E-state index contributed by atoms with van der Waals surface area (Å²) in [6.45, 7) is 2.11. The Hall–Kier alpha value is -3.34. The second-order valence-electron chi connectivity index (χ2n) is 6.31. The first-order valence-electron chi connectivity index (χ1n) is 9.07. The van der Waals surface area contributed by atoms with E-state index in [2.05, 4.69) is 16.0 Å². The number of benzene rings is 3. The van der Waals surface area contributed by atoms with Crippen LogP contribution in [0.3, 0.4) is 0 Å². The van der Waals surface area contributed by atoms with E-state index < -0.39 is 0 Å². The van der Waals surface area contributed by atoms with Crippen molar-refractivity contribution in [3.8, 4) is 0 Å². The zero-order valence-corrected chi connectivity index (χ0v) is 15.3. The van der Waals surface area contributed by atoms with Crippen molar-refractivity contribution in [2.45, 2.75) is 19.8 Å². The highest BCUT2D eigenvalue weighted by molar-refractivity contribution is 5.98. The number of hydrogen-bond donors (Lipinski definition) is 3. The van der Waals surface area contributed by atoms with Gasteiger partial charge in [0.2, 0.25) is 11.8 Å². The topological polar surface area (TPSA) is 70.2 Å². The minimum absolute atomic E-state index is 0.0291. The van der Waals surface area contributed by atoms with Crippen LogP contribution in [-0.2, 0) is 9.59 Å². The Bertz CT molecular complexity index is 948. The van der Waals surface area contributed by atoms with Gasteiger partial charge in [-0.25, -0.2) is 0 Å². The van der Waals surface area contributed by atoms with E-state index in [0.29, 0.717) is 17.8 Å². The third-order valence-corrected chi connectivity index (χ3v) is 4.14. The highest BCUT2D eigenvalue weighted by atomic mass is 16.2. The average molecular weight is 361 g/mol.